The molecular weight excluding hydrogens is 460 g/mol. The van der Waals surface area contributed by atoms with Crippen molar-refractivity contribution >= 4 is 40.8 Å². The Morgan fingerprint density at radius 1 is 0.971 bits per heavy atom. The maximum absolute atomic E-state index is 13.2. The van der Waals surface area contributed by atoms with Gasteiger partial charge in [-0.25, -0.2) is 14.4 Å². The van der Waals surface area contributed by atoms with E-state index in [-0.39, 0.29) is 34.3 Å². The lowest BCUT2D eigenvalue weighted by Crippen LogP contribution is -2.32. The van der Waals surface area contributed by atoms with E-state index in [1.54, 1.807) is 49.8 Å². The van der Waals surface area contributed by atoms with Gasteiger partial charge in [-0.3, -0.25) is 19.1 Å². The van der Waals surface area contributed by atoms with E-state index in [0.29, 0.717) is 11.4 Å². The predicted octanol–water partition coefficient (Wildman–Crippen LogP) is 3.10. The summed E-state index contributed by atoms with van der Waals surface area (Å²) in [5, 5.41) is 2.45. The summed E-state index contributed by atoms with van der Waals surface area (Å²) in [4.78, 5) is 51.8. The Labute approximate surface area is 199 Å². The highest BCUT2D eigenvalue weighted by molar-refractivity contribution is 6.53. The second-order valence-corrected chi connectivity index (χ2v) is 7.84. The Hall–Kier alpha value is -4.11. The van der Waals surface area contributed by atoms with Gasteiger partial charge in [0.25, 0.3) is 17.4 Å². The van der Waals surface area contributed by atoms with Crippen molar-refractivity contribution in [1.29, 1.82) is 0 Å². The monoisotopic (exact) mass is 480 g/mol. The number of benzene rings is 2. The smallest absolute Gasteiger partial charge is 0.338 e. The number of rotatable bonds is 6. The minimum Gasteiger partial charge on any atom is -0.462 e. The average Bonchev–Trinajstić information content (AvgIpc) is 3.18. The van der Waals surface area contributed by atoms with Crippen LogP contribution in [0.15, 0.2) is 70.1 Å². The topological polar surface area (TPSA) is 103 Å². The predicted molar refractivity (Wildman–Crippen MR) is 127 cm³/mol. The van der Waals surface area contributed by atoms with Gasteiger partial charge in [0.15, 0.2) is 0 Å². The maximum Gasteiger partial charge on any atom is 0.338 e. The first-order valence-electron chi connectivity index (χ1n) is 10.4. The molecule has 0 fully saturated rings. The molecule has 0 aliphatic carbocycles. The van der Waals surface area contributed by atoms with Gasteiger partial charge in [-0.05, 0) is 50.2 Å². The summed E-state index contributed by atoms with van der Waals surface area (Å²) in [6, 6.07) is 14.8. The molecule has 4 rings (SSSR count). The minimum absolute atomic E-state index is 0.125. The van der Waals surface area contributed by atoms with Crippen LogP contribution in [-0.2, 0) is 21.4 Å². The fraction of sp³-hybridized carbons (Fsp3) is 0.167. The molecule has 9 nitrogen and oxygen atoms in total. The van der Waals surface area contributed by atoms with Crippen molar-refractivity contribution in [1.82, 2.24) is 9.36 Å². The number of amides is 2. The first-order chi connectivity index (χ1) is 16.3. The molecule has 2 heterocycles. The Morgan fingerprint density at radius 3 is 2.24 bits per heavy atom. The molecule has 0 saturated heterocycles. The number of carbonyl (C=O) groups excluding carboxylic acids is 3. The second kappa shape index (κ2) is 9.03. The lowest BCUT2D eigenvalue weighted by atomic mass is 10.2. The molecule has 0 spiro atoms. The van der Waals surface area contributed by atoms with Crippen LogP contribution in [-0.4, -0.2) is 33.8 Å². The average molecular weight is 481 g/mol. The lowest BCUT2D eigenvalue weighted by Gasteiger charge is -2.15. The zero-order chi connectivity index (χ0) is 24.6. The normalized spacial score (nSPS) is 13.6. The summed E-state index contributed by atoms with van der Waals surface area (Å²) >= 11 is 6.22. The number of imide groups is 1. The fourth-order valence-electron chi connectivity index (χ4n) is 3.64. The van der Waals surface area contributed by atoms with E-state index in [9.17, 15) is 19.2 Å². The van der Waals surface area contributed by atoms with Crippen LogP contribution in [0.2, 0.25) is 0 Å². The van der Waals surface area contributed by atoms with Crippen LogP contribution in [0.5, 0.6) is 0 Å². The van der Waals surface area contributed by atoms with Crippen LogP contribution in [0.4, 0.5) is 11.4 Å². The number of nitrogens with one attached hydrogen (secondary N) is 1. The van der Waals surface area contributed by atoms with Gasteiger partial charge >= 0.3 is 5.97 Å². The lowest BCUT2D eigenvalue weighted by molar-refractivity contribution is -0.120. The number of aromatic nitrogens is 2. The van der Waals surface area contributed by atoms with Crippen molar-refractivity contribution in [2.45, 2.75) is 13.8 Å². The molecule has 2 aromatic carbocycles. The molecule has 34 heavy (non-hydrogen) atoms. The molecule has 1 N–H and O–H groups in total. The third kappa shape index (κ3) is 3.80. The Morgan fingerprint density at radius 2 is 1.62 bits per heavy atom. The van der Waals surface area contributed by atoms with Crippen LogP contribution in [0.3, 0.4) is 0 Å². The number of anilines is 2. The summed E-state index contributed by atoms with van der Waals surface area (Å²) in [5.41, 5.74) is 1.22. The van der Waals surface area contributed by atoms with E-state index in [4.69, 9.17) is 16.3 Å². The number of esters is 1. The van der Waals surface area contributed by atoms with Gasteiger partial charge in [0.1, 0.15) is 16.4 Å². The van der Waals surface area contributed by atoms with Crippen molar-refractivity contribution in [3.63, 3.8) is 0 Å². The quantitative estimate of drug-likeness (QED) is 0.429. The third-order valence-electron chi connectivity index (χ3n) is 5.47. The van der Waals surface area contributed by atoms with E-state index in [2.05, 4.69) is 5.32 Å². The summed E-state index contributed by atoms with van der Waals surface area (Å²) < 4.78 is 8.03. The van der Waals surface area contributed by atoms with Crippen molar-refractivity contribution in [2.24, 2.45) is 7.05 Å². The summed E-state index contributed by atoms with van der Waals surface area (Å²) in [6.45, 7) is 3.63. The number of ether oxygens (including phenoxy) is 1. The summed E-state index contributed by atoms with van der Waals surface area (Å²) in [7, 11) is 1.71. The van der Waals surface area contributed by atoms with Crippen molar-refractivity contribution < 1.29 is 19.1 Å². The van der Waals surface area contributed by atoms with Gasteiger partial charge in [-0.1, -0.05) is 29.8 Å². The molecule has 1 aromatic heterocycles. The van der Waals surface area contributed by atoms with Gasteiger partial charge in [0.2, 0.25) is 0 Å². The molecule has 1 aliphatic heterocycles. The number of nitrogens with zero attached hydrogens (tertiary/aromatic N) is 3. The van der Waals surface area contributed by atoms with E-state index >= 15 is 0 Å². The fourth-order valence-corrected chi connectivity index (χ4v) is 3.86. The van der Waals surface area contributed by atoms with Gasteiger partial charge in [0.05, 0.1) is 29.2 Å². The van der Waals surface area contributed by atoms with E-state index in [0.717, 1.165) is 4.90 Å². The first-order valence-corrected chi connectivity index (χ1v) is 10.8. The third-order valence-corrected chi connectivity index (χ3v) is 5.82. The van der Waals surface area contributed by atoms with E-state index in [1.807, 2.05) is 6.07 Å². The van der Waals surface area contributed by atoms with Crippen molar-refractivity contribution in [2.75, 3.05) is 16.8 Å². The number of halogens is 1. The molecule has 0 saturated carbocycles. The highest BCUT2D eigenvalue weighted by Crippen LogP contribution is 2.30. The highest BCUT2D eigenvalue weighted by atomic mass is 35.5. The summed E-state index contributed by atoms with van der Waals surface area (Å²) in [6.07, 6.45) is 0. The summed E-state index contributed by atoms with van der Waals surface area (Å²) in [5.74, 6) is -1.97. The van der Waals surface area contributed by atoms with Crippen LogP contribution in [0.25, 0.3) is 5.69 Å². The number of hydrogen-bond acceptors (Lipinski definition) is 6. The second-order valence-electron chi connectivity index (χ2n) is 7.46. The molecule has 174 valence electrons. The molecule has 0 unspecified atom stereocenters. The molecule has 2 amide bonds. The SMILES string of the molecule is CCOC(=O)c1ccc(N2C(=O)C(Cl)=C(Nc3c(C)n(C)n(-c4ccccc4)c3=O)C2=O)cc1. The zero-order valence-electron chi connectivity index (χ0n) is 18.7. The van der Waals surface area contributed by atoms with Crippen molar-refractivity contribution in [3.05, 3.63) is 86.9 Å². The van der Waals surface area contributed by atoms with E-state index in [1.165, 1.54) is 28.9 Å². The molecule has 3 aromatic rings. The molecule has 0 atom stereocenters. The number of para-hydroxylation sites is 1. The van der Waals surface area contributed by atoms with Gasteiger partial charge in [0, 0.05) is 7.05 Å². The standard InChI is InChI=1S/C24H21ClN4O5/c1-4-34-24(33)15-10-12-16(13-11-15)28-21(30)18(25)20(22(28)31)26-19-14(2)27(3)29(23(19)32)17-8-6-5-7-9-17/h5-13,26H,4H2,1-3H3. The Balaban J connectivity index is 1.65. The van der Waals surface area contributed by atoms with Gasteiger partial charge in [-0.2, -0.15) is 0 Å². The van der Waals surface area contributed by atoms with E-state index < -0.39 is 23.3 Å². The van der Waals surface area contributed by atoms with Crippen molar-refractivity contribution in [3.8, 4) is 5.69 Å². The maximum atomic E-state index is 13.2. The molecule has 0 bridgehead atoms. The van der Waals surface area contributed by atoms with Crippen LogP contribution >= 0.6 is 11.6 Å². The van der Waals surface area contributed by atoms with Crippen LogP contribution in [0.1, 0.15) is 23.0 Å². The van der Waals surface area contributed by atoms with Gasteiger partial charge < -0.3 is 10.1 Å². The number of hydrogen-bond donors (Lipinski definition) is 1. The number of carbonyl (C=O) groups is 3. The highest BCUT2D eigenvalue weighted by Gasteiger charge is 2.39. The minimum atomic E-state index is -0.741. The largest absolute Gasteiger partial charge is 0.462 e. The first kappa shape index (κ1) is 23.1. The molecule has 0 radical (unpaired) electrons. The van der Waals surface area contributed by atoms with Crippen LogP contribution < -0.4 is 15.8 Å². The van der Waals surface area contributed by atoms with Gasteiger partial charge in [-0.15, -0.1) is 0 Å². The molecule has 10 heteroatoms. The van der Waals surface area contributed by atoms with Crippen LogP contribution in [0, 0.1) is 6.92 Å². The molecular formula is C24H21ClN4O5. The Kier molecular flexibility index (Phi) is 6.12. The molecule has 1 aliphatic rings. The Bertz CT molecular complexity index is 1390. The zero-order valence-corrected chi connectivity index (χ0v) is 19.4.